The molecule has 5 nitrogen and oxygen atoms in total. The minimum Gasteiger partial charge on any atom is -0.444 e. The fraction of sp³-hybridized carbons (Fsp3) is 0.647. The second-order valence-electron chi connectivity index (χ2n) is 7.29. The van der Waals surface area contributed by atoms with Gasteiger partial charge in [-0.25, -0.2) is 4.79 Å². The number of aromatic nitrogens is 1. The third-order valence-electron chi connectivity index (χ3n) is 4.14. The molecule has 1 atom stereocenters. The molecule has 2 N–H and O–H groups in total. The van der Waals surface area contributed by atoms with Crippen LogP contribution in [0.25, 0.3) is 0 Å². The summed E-state index contributed by atoms with van der Waals surface area (Å²) in [6, 6.07) is 1.86. The molecule has 1 amide bonds. The number of nitrogens with zero attached hydrogens (tertiary/aromatic N) is 1. The predicted octanol–water partition coefficient (Wildman–Crippen LogP) is 3.19. The molecule has 1 aliphatic rings. The molecule has 1 saturated carbocycles. The van der Waals surface area contributed by atoms with Gasteiger partial charge >= 0.3 is 6.09 Å². The molecular formula is C17H25ClN2O3. The largest absolute Gasteiger partial charge is 0.444 e. The molecule has 0 bridgehead atoms. The Kier molecular flexibility index (Phi) is 5.53. The highest BCUT2D eigenvalue weighted by atomic mass is 35.5. The average molecular weight is 341 g/mol. The molecule has 1 unspecified atom stereocenters. The molecule has 23 heavy (non-hydrogen) atoms. The highest BCUT2D eigenvalue weighted by molar-refractivity contribution is 6.31. The predicted molar refractivity (Wildman–Crippen MR) is 89.4 cm³/mol. The number of amides is 1. The van der Waals surface area contributed by atoms with Gasteiger partial charge in [-0.15, -0.1) is 0 Å². The summed E-state index contributed by atoms with van der Waals surface area (Å²) in [4.78, 5) is 15.9. The molecule has 0 aliphatic heterocycles. The van der Waals surface area contributed by atoms with E-state index in [4.69, 9.17) is 16.3 Å². The number of hydrogen-bond donors (Lipinski definition) is 2. The normalized spacial score (nSPS) is 17.4. The van der Waals surface area contributed by atoms with Crippen molar-refractivity contribution >= 4 is 17.7 Å². The number of nitrogens with one attached hydrogen (secondary N) is 1. The highest BCUT2D eigenvalue weighted by Crippen LogP contribution is 2.47. The van der Waals surface area contributed by atoms with Crippen molar-refractivity contribution in [3.8, 4) is 0 Å². The number of rotatable bonds is 6. The summed E-state index contributed by atoms with van der Waals surface area (Å²) >= 11 is 6.21. The van der Waals surface area contributed by atoms with E-state index in [2.05, 4.69) is 10.3 Å². The zero-order chi connectivity index (χ0) is 17.1. The summed E-state index contributed by atoms with van der Waals surface area (Å²) in [5.41, 5.74) is -0.0180. The van der Waals surface area contributed by atoms with E-state index in [0.29, 0.717) is 23.9 Å². The minimum atomic E-state index is -0.542. The van der Waals surface area contributed by atoms with Gasteiger partial charge in [0.2, 0.25) is 0 Å². The van der Waals surface area contributed by atoms with E-state index < -0.39 is 17.1 Å². The Hall–Kier alpha value is -1.33. The summed E-state index contributed by atoms with van der Waals surface area (Å²) in [6.45, 7) is 5.82. The molecule has 0 radical (unpaired) electrons. The Balaban J connectivity index is 2.07. The first-order valence-corrected chi connectivity index (χ1v) is 8.30. The maximum absolute atomic E-state index is 11.9. The number of hydrogen-bond acceptors (Lipinski definition) is 4. The quantitative estimate of drug-likeness (QED) is 0.834. The van der Waals surface area contributed by atoms with Gasteiger partial charge in [-0.3, -0.25) is 4.98 Å². The molecule has 2 rings (SSSR count). The summed E-state index contributed by atoms with van der Waals surface area (Å²) in [5.74, 6) is 0.381. The first-order chi connectivity index (χ1) is 10.8. The molecule has 1 aromatic rings. The van der Waals surface area contributed by atoms with Gasteiger partial charge in [0.05, 0.1) is 11.6 Å². The van der Waals surface area contributed by atoms with Gasteiger partial charge in [-0.05, 0) is 57.6 Å². The van der Waals surface area contributed by atoms with Crippen molar-refractivity contribution in [2.75, 3.05) is 13.2 Å². The topological polar surface area (TPSA) is 71.5 Å². The summed E-state index contributed by atoms with van der Waals surface area (Å²) in [5, 5.41) is 13.4. The Morgan fingerprint density at radius 1 is 1.48 bits per heavy atom. The minimum absolute atomic E-state index is 0.00782. The van der Waals surface area contributed by atoms with Crippen molar-refractivity contribution in [3.05, 3.63) is 29.0 Å². The number of carbonyl (C=O) groups is 1. The average Bonchev–Trinajstić information content (AvgIpc) is 3.29. The van der Waals surface area contributed by atoms with Crippen LogP contribution in [0.2, 0.25) is 5.02 Å². The van der Waals surface area contributed by atoms with Gasteiger partial charge in [0.15, 0.2) is 0 Å². The van der Waals surface area contributed by atoms with E-state index >= 15 is 0 Å². The standard InChI is InChI=1S/C17H25ClN2O3/c1-16(2,3)23-15(22)20-10-17(11-21,13-4-5-13)8-12-6-7-19-9-14(12)18/h6-7,9,13,21H,4-5,8,10-11H2,1-3H3,(H,20,22). The maximum atomic E-state index is 11.9. The first kappa shape index (κ1) is 18.0. The second-order valence-corrected chi connectivity index (χ2v) is 7.70. The molecule has 1 aliphatic carbocycles. The monoisotopic (exact) mass is 340 g/mol. The highest BCUT2D eigenvalue weighted by Gasteiger charge is 2.45. The Morgan fingerprint density at radius 3 is 2.70 bits per heavy atom. The zero-order valence-corrected chi connectivity index (χ0v) is 14.7. The van der Waals surface area contributed by atoms with Gasteiger partial charge in [0.25, 0.3) is 0 Å². The van der Waals surface area contributed by atoms with Crippen LogP contribution in [0.5, 0.6) is 0 Å². The number of alkyl carbamates (subject to hydrolysis) is 1. The van der Waals surface area contributed by atoms with Crippen LogP contribution < -0.4 is 5.32 Å². The van der Waals surface area contributed by atoms with Crippen molar-refractivity contribution in [2.24, 2.45) is 11.3 Å². The summed E-state index contributed by atoms with van der Waals surface area (Å²) < 4.78 is 5.28. The summed E-state index contributed by atoms with van der Waals surface area (Å²) in [7, 11) is 0. The number of halogens is 1. The van der Waals surface area contributed by atoms with Crippen LogP contribution >= 0.6 is 11.6 Å². The molecule has 1 aromatic heterocycles. The lowest BCUT2D eigenvalue weighted by Gasteiger charge is -2.33. The molecule has 0 saturated heterocycles. The third kappa shape index (κ3) is 5.08. The number of aliphatic hydroxyl groups is 1. The van der Waals surface area contributed by atoms with Crippen LogP contribution in [0.4, 0.5) is 4.79 Å². The molecule has 1 fully saturated rings. The Bertz CT molecular complexity index is 555. The fourth-order valence-electron chi connectivity index (χ4n) is 2.78. The second kappa shape index (κ2) is 7.05. The van der Waals surface area contributed by atoms with Crippen LogP contribution in [0.15, 0.2) is 18.5 Å². The summed E-state index contributed by atoms with van der Waals surface area (Å²) in [6.07, 6.45) is 5.55. The maximum Gasteiger partial charge on any atom is 0.407 e. The van der Waals surface area contributed by atoms with Crippen LogP contribution in [0.1, 0.15) is 39.2 Å². The van der Waals surface area contributed by atoms with Gasteiger partial charge in [-0.2, -0.15) is 0 Å². The third-order valence-corrected chi connectivity index (χ3v) is 4.48. The molecular weight excluding hydrogens is 316 g/mol. The lowest BCUT2D eigenvalue weighted by Crippen LogP contribution is -2.44. The van der Waals surface area contributed by atoms with Gasteiger partial charge in [-0.1, -0.05) is 11.6 Å². The SMILES string of the molecule is CC(C)(C)OC(=O)NCC(CO)(Cc1ccncc1Cl)C1CC1. The molecule has 128 valence electrons. The zero-order valence-electron chi connectivity index (χ0n) is 13.9. The lowest BCUT2D eigenvalue weighted by molar-refractivity contribution is 0.0439. The molecule has 6 heteroatoms. The number of pyridine rings is 1. The van der Waals surface area contributed by atoms with Crippen molar-refractivity contribution in [1.82, 2.24) is 10.3 Å². The van der Waals surface area contributed by atoms with Crippen LogP contribution in [0.3, 0.4) is 0 Å². The molecule has 0 spiro atoms. The number of carbonyl (C=O) groups excluding carboxylic acids is 1. The number of ether oxygens (including phenoxy) is 1. The number of aliphatic hydroxyl groups excluding tert-OH is 1. The first-order valence-electron chi connectivity index (χ1n) is 7.92. The Labute approximate surface area is 142 Å². The molecule has 1 heterocycles. The van der Waals surface area contributed by atoms with E-state index in [9.17, 15) is 9.90 Å². The van der Waals surface area contributed by atoms with Crippen LogP contribution in [0, 0.1) is 11.3 Å². The van der Waals surface area contributed by atoms with E-state index in [1.165, 1.54) is 0 Å². The van der Waals surface area contributed by atoms with Crippen molar-refractivity contribution in [2.45, 2.75) is 45.6 Å². The van der Waals surface area contributed by atoms with E-state index in [0.717, 1.165) is 18.4 Å². The Morgan fingerprint density at radius 2 is 2.17 bits per heavy atom. The van der Waals surface area contributed by atoms with Crippen LogP contribution in [-0.2, 0) is 11.2 Å². The molecule has 0 aromatic carbocycles. The fourth-order valence-corrected chi connectivity index (χ4v) is 2.96. The van der Waals surface area contributed by atoms with Gasteiger partial charge < -0.3 is 15.2 Å². The van der Waals surface area contributed by atoms with Crippen molar-refractivity contribution in [1.29, 1.82) is 0 Å². The van der Waals surface area contributed by atoms with E-state index in [1.54, 1.807) is 12.4 Å². The van der Waals surface area contributed by atoms with E-state index in [-0.39, 0.29) is 6.61 Å². The van der Waals surface area contributed by atoms with Gasteiger partial charge in [0, 0.05) is 24.4 Å². The smallest absolute Gasteiger partial charge is 0.407 e. The lowest BCUT2D eigenvalue weighted by atomic mass is 9.77. The van der Waals surface area contributed by atoms with Crippen molar-refractivity contribution < 1.29 is 14.6 Å². The van der Waals surface area contributed by atoms with Gasteiger partial charge in [0.1, 0.15) is 5.60 Å². The van der Waals surface area contributed by atoms with Crippen molar-refractivity contribution in [3.63, 3.8) is 0 Å². The van der Waals surface area contributed by atoms with E-state index in [1.807, 2.05) is 26.8 Å². The van der Waals surface area contributed by atoms with Crippen LogP contribution in [-0.4, -0.2) is 34.9 Å².